The molecule has 2 atom stereocenters. The fourth-order valence-corrected chi connectivity index (χ4v) is 6.24. The van der Waals surface area contributed by atoms with E-state index in [-0.39, 0.29) is 11.2 Å². The Bertz CT molecular complexity index is 1570. The van der Waals surface area contributed by atoms with Gasteiger partial charge >= 0.3 is 0 Å². The lowest BCUT2D eigenvalue weighted by atomic mass is 10.1. The third kappa shape index (κ3) is 4.22. The molecular weight excluding hydrogens is 484 g/mol. The number of hydrogen-bond donors (Lipinski definition) is 0. The van der Waals surface area contributed by atoms with Crippen LogP contribution in [0, 0.1) is 0 Å². The molecule has 2 unspecified atom stereocenters. The lowest BCUT2D eigenvalue weighted by Crippen LogP contribution is -2.40. The Kier molecular flexibility index (Phi) is 6.28. The van der Waals surface area contributed by atoms with Gasteiger partial charge in [0.2, 0.25) is 5.78 Å². The summed E-state index contributed by atoms with van der Waals surface area (Å²) in [6, 6.07) is 26.6. The van der Waals surface area contributed by atoms with Crippen molar-refractivity contribution in [1.29, 1.82) is 0 Å². The number of allylic oxidation sites excluding steroid dienone is 1. The molecule has 0 radical (unpaired) electrons. The number of furan rings is 1. The number of benzene rings is 3. The first kappa shape index (κ1) is 23.5. The van der Waals surface area contributed by atoms with Crippen LogP contribution in [0.25, 0.3) is 22.0 Å². The number of fused-ring (bicyclic) bond motifs is 2. The Balaban J connectivity index is 1.51. The minimum Gasteiger partial charge on any atom is -0.453 e. The van der Waals surface area contributed by atoms with Gasteiger partial charge in [0.15, 0.2) is 11.8 Å². The Morgan fingerprint density at radius 3 is 2.62 bits per heavy atom. The highest BCUT2D eigenvalue weighted by Crippen LogP contribution is 2.47. The van der Waals surface area contributed by atoms with Crippen LogP contribution in [0.2, 0.25) is 0 Å². The molecule has 0 amide bonds. The maximum absolute atomic E-state index is 14.4. The molecule has 5 aromatic rings. The zero-order chi connectivity index (χ0) is 25.4. The highest BCUT2D eigenvalue weighted by Gasteiger charge is 2.44. The van der Waals surface area contributed by atoms with Gasteiger partial charge in [0, 0.05) is 28.3 Å². The maximum Gasteiger partial charge on any atom is 0.225 e. The molecule has 0 saturated heterocycles. The smallest absolute Gasteiger partial charge is 0.225 e. The number of anilines is 1. The predicted octanol–water partition coefficient (Wildman–Crippen LogP) is 6.45. The maximum atomic E-state index is 14.4. The van der Waals surface area contributed by atoms with Gasteiger partial charge in [0.1, 0.15) is 16.5 Å². The fourth-order valence-electron chi connectivity index (χ4n) is 4.78. The quantitative estimate of drug-likeness (QED) is 0.222. The number of nitrogens with zero attached hydrogens (tertiary/aromatic N) is 4. The summed E-state index contributed by atoms with van der Waals surface area (Å²) in [4.78, 5) is 17.7. The van der Waals surface area contributed by atoms with E-state index in [2.05, 4.69) is 34.3 Å². The molecule has 186 valence electrons. The molecule has 0 fully saturated rings. The minimum absolute atomic E-state index is 0.157. The van der Waals surface area contributed by atoms with E-state index in [0.717, 1.165) is 32.7 Å². The number of carbonyl (C=O) groups excluding carboxylic acids is 1. The van der Waals surface area contributed by atoms with E-state index in [4.69, 9.17) is 9.15 Å². The van der Waals surface area contributed by atoms with Crippen LogP contribution in [0.15, 0.2) is 99.9 Å². The first-order valence-corrected chi connectivity index (χ1v) is 13.1. The van der Waals surface area contributed by atoms with E-state index in [1.54, 1.807) is 16.4 Å². The molecule has 0 saturated carbocycles. The Hall–Kier alpha value is -3.88. The van der Waals surface area contributed by atoms with Gasteiger partial charge in [-0.25, -0.2) is 4.68 Å². The molecule has 0 aliphatic carbocycles. The normalized spacial score (nSPS) is 16.7. The second-order valence-electron chi connectivity index (χ2n) is 8.84. The average molecular weight is 511 g/mol. The van der Waals surface area contributed by atoms with Gasteiger partial charge in [-0.2, -0.15) is 0 Å². The van der Waals surface area contributed by atoms with Crippen LogP contribution >= 0.6 is 11.8 Å². The molecule has 1 aliphatic rings. The van der Waals surface area contributed by atoms with E-state index in [1.165, 1.54) is 0 Å². The first-order chi connectivity index (χ1) is 18.2. The van der Waals surface area contributed by atoms with Gasteiger partial charge in [-0.15, -0.1) is 5.10 Å². The van der Waals surface area contributed by atoms with Gasteiger partial charge in [0.05, 0.1) is 12.1 Å². The molecule has 0 N–H and O–H groups in total. The standard InChI is InChI=1S/C29H26N4O3S/c1-3-35-18-26-19(2)32(21-12-5-4-6-13-21)29(37-26)27(33-23-15-9-8-14-22(23)30-31-33)28(34)25-17-20-11-7-10-16-24(20)36-25/h4-17,27,29H,3,18H2,1-2H3. The van der Waals surface area contributed by atoms with Crippen molar-refractivity contribution in [1.82, 2.24) is 15.0 Å². The summed E-state index contributed by atoms with van der Waals surface area (Å²) in [6.07, 6.45) is 0. The topological polar surface area (TPSA) is 73.4 Å². The summed E-state index contributed by atoms with van der Waals surface area (Å²) in [5, 5.41) is 9.43. The molecule has 1 aliphatic heterocycles. The van der Waals surface area contributed by atoms with E-state index in [9.17, 15) is 4.79 Å². The molecule has 2 aromatic heterocycles. The minimum atomic E-state index is -0.716. The molecule has 7 nitrogen and oxygen atoms in total. The molecule has 6 rings (SSSR count). The number of Topliss-reactive ketones (excluding diaryl/α,β-unsaturated/α-hetero) is 1. The monoisotopic (exact) mass is 510 g/mol. The SMILES string of the molecule is CCOCC1=C(C)N(c2ccccc2)C(C(C(=O)c2cc3ccccc3o2)n2nnc3ccccc32)S1. The van der Waals surface area contributed by atoms with Crippen LogP contribution < -0.4 is 4.90 Å². The number of ketones is 1. The number of rotatable bonds is 8. The molecular formula is C29H26N4O3S. The van der Waals surface area contributed by atoms with Crippen molar-refractivity contribution in [2.75, 3.05) is 18.1 Å². The summed E-state index contributed by atoms with van der Waals surface area (Å²) in [7, 11) is 0. The summed E-state index contributed by atoms with van der Waals surface area (Å²) in [5.41, 5.74) is 4.26. The van der Waals surface area contributed by atoms with Gasteiger partial charge < -0.3 is 14.1 Å². The van der Waals surface area contributed by atoms with Crippen molar-refractivity contribution >= 4 is 45.2 Å². The van der Waals surface area contributed by atoms with Gasteiger partial charge in [0.25, 0.3) is 0 Å². The molecule has 3 aromatic carbocycles. The molecule has 0 bridgehead atoms. The molecule has 0 spiro atoms. The van der Waals surface area contributed by atoms with Crippen molar-refractivity contribution in [3.05, 3.63) is 101 Å². The van der Waals surface area contributed by atoms with Crippen molar-refractivity contribution in [3.8, 4) is 0 Å². The Morgan fingerprint density at radius 2 is 1.81 bits per heavy atom. The summed E-state index contributed by atoms with van der Waals surface area (Å²) >= 11 is 1.64. The molecule has 8 heteroatoms. The first-order valence-electron chi connectivity index (χ1n) is 12.3. The van der Waals surface area contributed by atoms with Crippen LogP contribution in [0.1, 0.15) is 30.4 Å². The van der Waals surface area contributed by atoms with Crippen LogP contribution in [0.5, 0.6) is 0 Å². The third-order valence-corrected chi connectivity index (χ3v) is 8.01. The van der Waals surface area contributed by atoms with Gasteiger partial charge in [-0.1, -0.05) is 65.5 Å². The second-order valence-corrected chi connectivity index (χ2v) is 10.1. The van der Waals surface area contributed by atoms with Crippen LogP contribution in [-0.4, -0.2) is 39.4 Å². The van der Waals surface area contributed by atoms with Crippen LogP contribution in [-0.2, 0) is 4.74 Å². The van der Waals surface area contributed by atoms with E-state index >= 15 is 0 Å². The number of hydrogen-bond acceptors (Lipinski definition) is 7. The highest BCUT2D eigenvalue weighted by atomic mass is 32.2. The summed E-state index contributed by atoms with van der Waals surface area (Å²) < 4.78 is 13.6. The highest BCUT2D eigenvalue weighted by molar-refractivity contribution is 8.04. The number of carbonyl (C=O) groups is 1. The summed E-state index contributed by atoms with van der Waals surface area (Å²) in [5.74, 6) is 0.144. The Labute approximate surface area is 218 Å². The predicted molar refractivity (Wildman–Crippen MR) is 147 cm³/mol. The van der Waals surface area contributed by atoms with Crippen LogP contribution in [0.4, 0.5) is 5.69 Å². The number of aromatic nitrogens is 3. The van der Waals surface area contributed by atoms with E-state index in [0.29, 0.717) is 24.6 Å². The molecule has 37 heavy (non-hydrogen) atoms. The number of para-hydroxylation sites is 3. The summed E-state index contributed by atoms with van der Waals surface area (Å²) in [6.45, 7) is 5.16. The van der Waals surface area contributed by atoms with Crippen molar-refractivity contribution in [3.63, 3.8) is 0 Å². The fraction of sp³-hybridized carbons (Fsp3) is 0.207. The van der Waals surface area contributed by atoms with E-state index < -0.39 is 6.04 Å². The lowest BCUT2D eigenvalue weighted by Gasteiger charge is -2.32. The van der Waals surface area contributed by atoms with Crippen molar-refractivity contribution in [2.45, 2.75) is 25.3 Å². The largest absolute Gasteiger partial charge is 0.453 e. The van der Waals surface area contributed by atoms with E-state index in [1.807, 2.05) is 79.7 Å². The van der Waals surface area contributed by atoms with Gasteiger partial charge in [-0.05, 0) is 50.2 Å². The average Bonchev–Trinajstić information content (AvgIpc) is 3.64. The van der Waals surface area contributed by atoms with Crippen molar-refractivity contribution in [2.24, 2.45) is 0 Å². The lowest BCUT2D eigenvalue weighted by molar-refractivity contribution is 0.0891. The zero-order valence-corrected chi connectivity index (χ0v) is 21.4. The van der Waals surface area contributed by atoms with Crippen molar-refractivity contribution < 1.29 is 13.9 Å². The third-order valence-electron chi connectivity index (χ3n) is 6.60. The zero-order valence-electron chi connectivity index (χ0n) is 20.6. The van der Waals surface area contributed by atoms with Crippen LogP contribution in [0.3, 0.4) is 0 Å². The Morgan fingerprint density at radius 1 is 1.05 bits per heavy atom. The second kappa shape index (κ2) is 9.88. The van der Waals surface area contributed by atoms with Gasteiger partial charge in [-0.3, -0.25) is 4.79 Å². The number of thioether (sulfide) groups is 1. The number of ether oxygens (including phenoxy) is 1. The molecule has 3 heterocycles.